The lowest BCUT2D eigenvalue weighted by atomic mass is 10.1. The van der Waals surface area contributed by atoms with Crippen molar-refractivity contribution in [3.05, 3.63) is 66.9 Å². The maximum absolute atomic E-state index is 11.8. The van der Waals surface area contributed by atoms with Crippen molar-refractivity contribution in [1.82, 2.24) is 24.5 Å². The third-order valence-electron chi connectivity index (χ3n) is 5.80. The topological polar surface area (TPSA) is 128 Å². The second-order valence-corrected chi connectivity index (χ2v) is 8.09. The number of imidazole rings is 1. The molecule has 11 heteroatoms. The Kier molecular flexibility index (Phi) is 7.33. The molecule has 4 aromatic rings. The molecule has 0 aliphatic carbocycles. The highest BCUT2D eigenvalue weighted by atomic mass is 16.5. The van der Waals surface area contributed by atoms with E-state index in [1.54, 1.807) is 44.4 Å². The third kappa shape index (κ3) is 5.20. The molecule has 190 valence electrons. The molecule has 0 radical (unpaired) electrons. The molecule has 0 aliphatic rings. The molecule has 0 bridgehead atoms. The smallest absolute Gasteiger partial charge is 0.249 e. The molecule has 0 fully saturated rings. The SMILES string of the molecule is C=CC(=O)Nc1ncn(C)c1Nc1cc(-c2cccnc2Nc2c(C)c(OC)cc(OC)c2C)ncn1. The lowest BCUT2D eigenvalue weighted by Gasteiger charge is -2.19. The summed E-state index contributed by atoms with van der Waals surface area (Å²) in [5, 5.41) is 9.33. The van der Waals surface area contributed by atoms with Crippen LogP contribution in [0.4, 0.5) is 29.0 Å². The number of benzene rings is 1. The number of amides is 1. The summed E-state index contributed by atoms with van der Waals surface area (Å²) in [5.41, 5.74) is 4.08. The van der Waals surface area contributed by atoms with E-state index in [4.69, 9.17) is 9.47 Å². The van der Waals surface area contributed by atoms with Gasteiger partial charge in [-0.3, -0.25) is 4.79 Å². The number of carbonyl (C=O) groups excluding carboxylic acids is 1. The molecule has 0 aliphatic heterocycles. The van der Waals surface area contributed by atoms with Crippen molar-refractivity contribution in [3.8, 4) is 22.8 Å². The Morgan fingerprint density at radius 2 is 1.73 bits per heavy atom. The highest BCUT2D eigenvalue weighted by Gasteiger charge is 2.18. The molecular weight excluding hydrogens is 472 g/mol. The van der Waals surface area contributed by atoms with Crippen LogP contribution in [-0.2, 0) is 11.8 Å². The lowest BCUT2D eigenvalue weighted by molar-refractivity contribution is -0.111. The standard InChI is InChI=1S/C26H28N8O3/c1-7-22(35)32-25-26(34(4)14-30-25)31-21-11-18(28-13-29-21)17-9-8-10-27-24(17)33-23-15(2)19(36-5)12-20(37-6)16(23)3/h7-14H,1H2,2-6H3,(H,27,33)(H,32,35)(H,28,29,31). The predicted molar refractivity (Wildman–Crippen MR) is 143 cm³/mol. The van der Waals surface area contributed by atoms with Gasteiger partial charge in [-0.15, -0.1) is 0 Å². The largest absolute Gasteiger partial charge is 0.496 e. The van der Waals surface area contributed by atoms with Crippen molar-refractivity contribution in [1.29, 1.82) is 0 Å². The van der Waals surface area contributed by atoms with Crippen molar-refractivity contribution in [3.63, 3.8) is 0 Å². The molecule has 3 heterocycles. The molecule has 11 nitrogen and oxygen atoms in total. The molecule has 1 aromatic carbocycles. The number of nitrogens with zero attached hydrogens (tertiary/aromatic N) is 5. The van der Waals surface area contributed by atoms with Crippen LogP contribution in [0.5, 0.6) is 11.5 Å². The Labute approximate surface area is 214 Å². The van der Waals surface area contributed by atoms with Gasteiger partial charge in [-0.1, -0.05) is 6.58 Å². The molecule has 0 saturated carbocycles. The van der Waals surface area contributed by atoms with Crippen LogP contribution < -0.4 is 25.4 Å². The monoisotopic (exact) mass is 500 g/mol. The summed E-state index contributed by atoms with van der Waals surface area (Å²) in [7, 11) is 5.05. The summed E-state index contributed by atoms with van der Waals surface area (Å²) in [5.74, 6) is 3.06. The van der Waals surface area contributed by atoms with Crippen LogP contribution in [0.1, 0.15) is 11.1 Å². The Morgan fingerprint density at radius 3 is 2.41 bits per heavy atom. The van der Waals surface area contributed by atoms with Crippen molar-refractivity contribution in [2.75, 3.05) is 30.2 Å². The molecule has 4 rings (SSSR count). The van der Waals surface area contributed by atoms with Gasteiger partial charge in [-0.05, 0) is 32.1 Å². The number of hydrogen-bond acceptors (Lipinski definition) is 9. The molecule has 3 N–H and O–H groups in total. The Morgan fingerprint density at radius 1 is 1.00 bits per heavy atom. The quantitative estimate of drug-likeness (QED) is 0.284. The molecule has 0 unspecified atom stereocenters. The number of carbonyl (C=O) groups is 1. The van der Waals surface area contributed by atoms with Gasteiger partial charge in [0.2, 0.25) is 5.91 Å². The Balaban J connectivity index is 1.69. The minimum absolute atomic E-state index is 0.356. The van der Waals surface area contributed by atoms with E-state index in [2.05, 4.69) is 42.5 Å². The summed E-state index contributed by atoms with van der Waals surface area (Å²) in [4.78, 5) is 29.4. The zero-order valence-corrected chi connectivity index (χ0v) is 21.3. The maximum atomic E-state index is 11.8. The van der Waals surface area contributed by atoms with E-state index in [-0.39, 0.29) is 5.91 Å². The van der Waals surface area contributed by atoms with Gasteiger partial charge in [0.25, 0.3) is 0 Å². The van der Waals surface area contributed by atoms with Crippen LogP contribution in [0.15, 0.2) is 55.8 Å². The van der Waals surface area contributed by atoms with E-state index in [9.17, 15) is 4.79 Å². The second-order valence-electron chi connectivity index (χ2n) is 8.09. The van der Waals surface area contributed by atoms with E-state index in [0.29, 0.717) is 40.5 Å². The van der Waals surface area contributed by atoms with E-state index >= 15 is 0 Å². The first-order chi connectivity index (χ1) is 17.9. The van der Waals surface area contributed by atoms with Crippen LogP contribution in [0.2, 0.25) is 0 Å². The number of hydrogen-bond donors (Lipinski definition) is 3. The van der Waals surface area contributed by atoms with Crippen molar-refractivity contribution < 1.29 is 14.3 Å². The minimum atomic E-state index is -0.365. The fourth-order valence-corrected chi connectivity index (χ4v) is 3.84. The van der Waals surface area contributed by atoms with Gasteiger partial charge in [0, 0.05) is 42.1 Å². The number of rotatable bonds is 9. The van der Waals surface area contributed by atoms with Crippen LogP contribution >= 0.6 is 0 Å². The third-order valence-corrected chi connectivity index (χ3v) is 5.80. The van der Waals surface area contributed by atoms with E-state index in [1.165, 1.54) is 12.4 Å². The van der Waals surface area contributed by atoms with Crippen molar-refractivity contribution >= 4 is 34.9 Å². The van der Waals surface area contributed by atoms with Gasteiger partial charge in [-0.25, -0.2) is 19.9 Å². The van der Waals surface area contributed by atoms with Gasteiger partial charge in [0.05, 0.1) is 31.9 Å². The normalized spacial score (nSPS) is 10.5. The van der Waals surface area contributed by atoms with Gasteiger partial charge in [-0.2, -0.15) is 0 Å². The Hall–Kier alpha value is -4.93. The van der Waals surface area contributed by atoms with Gasteiger partial charge >= 0.3 is 0 Å². The average Bonchev–Trinajstić information content (AvgIpc) is 3.25. The van der Waals surface area contributed by atoms with Crippen molar-refractivity contribution in [2.24, 2.45) is 7.05 Å². The second kappa shape index (κ2) is 10.8. The first-order valence-electron chi connectivity index (χ1n) is 11.3. The van der Waals surface area contributed by atoms with E-state index < -0.39 is 0 Å². The summed E-state index contributed by atoms with van der Waals surface area (Å²) < 4.78 is 12.8. The number of ether oxygens (including phenoxy) is 2. The lowest BCUT2D eigenvalue weighted by Crippen LogP contribution is -2.10. The minimum Gasteiger partial charge on any atom is -0.496 e. The zero-order chi connectivity index (χ0) is 26.5. The van der Waals surface area contributed by atoms with Gasteiger partial charge in [0.1, 0.15) is 29.5 Å². The molecular formula is C26H28N8O3. The fourth-order valence-electron chi connectivity index (χ4n) is 3.84. The average molecular weight is 501 g/mol. The number of anilines is 5. The van der Waals surface area contributed by atoms with Crippen LogP contribution in [-0.4, -0.2) is 44.6 Å². The zero-order valence-electron chi connectivity index (χ0n) is 21.3. The summed E-state index contributed by atoms with van der Waals surface area (Å²) in [6.45, 7) is 7.42. The molecule has 0 saturated heterocycles. The van der Waals surface area contributed by atoms with Crippen LogP contribution in [0.25, 0.3) is 11.3 Å². The van der Waals surface area contributed by atoms with Crippen LogP contribution in [0, 0.1) is 13.8 Å². The first-order valence-corrected chi connectivity index (χ1v) is 11.3. The summed E-state index contributed by atoms with van der Waals surface area (Å²) in [6, 6.07) is 7.41. The van der Waals surface area contributed by atoms with E-state index in [1.807, 2.05) is 32.0 Å². The molecule has 37 heavy (non-hydrogen) atoms. The maximum Gasteiger partial charge on any atom is 0.249 e. The summed E-state index contributed by atoms with van der Waals surface area (Å²) >= 11 is 0. The van der Waals surface area contributed by atoms with Gasteiger partial charge in [0.15, 0.2) is 11.6 Å². The number of aryl methyl sites for hydroxylation is 1. The van der Waals surface area contributed by atoms with Crippen molar-refractivity contribution in [2.45, 2.75) is 13.8 Å². The van der Waals surface area contributed by atoms with E-state index in [0.717, 1.165) is 22.4 Å². The predicted octanol–water partition coefficient (Wildman–Crippen LogP) is 4.52. The molecule has 3 aromatic heterocycles. The molecule has 0 spiro atoms. The van der Waals surface area contributed by atoms with Gasteiger partial charge < -0.3 is 30.0 Å². The fraction of sp³-hybridized carbons (Fsp3) is 0.192. The Bertz CT molecular complexity index is 1440. The number of pyridine rings is 1. The highest BCUT2D eigenvalue weighted by molar-refractivity contribution is 6.00. The number of methoxy groups -OCH3 is 2. The molecule has 1 amide bonds. The first kappa shape index (κ1) is 25.2. The number of nitrogens with one attached hydrogen (secondary N) is 3. The highest BCUT2D eigenvalue weighted by Crippen LogP contribution is 2.39. The summed E-state index contributed by atoms with van der Waals surface area (Å²) in [6.07, 6.45) is 5.93. The molecule has 0 atom stereocenters. The number of aromatic nitrogens is 5. The van der Waals surface area contributed by atoms with Crippen LogP contribution in [0.3, 0.4) is 0 Å².